The quantitative estimate of drug-likeness (QED) is 0.318. The Hall–Kier alpha value is -4.72. The van der Waals surface area contributed by atoms with Crippen molar-refractivity contribution in [1.82, 2.24) is 0 Å². The molecule has 0 fully saturated rings. The molecule has 0 spiro atoms. The molecular weight excluding hydrogens is 484 g/mol. The molecule has 38 heavy (non-hydrogen) atoms. The molecular formula is C30H28N2O6. The van der Waals surface area contributed by atoms with E-state index in [4.69, 9.17) is 18.8 Å². The zero-order chi connectivity index (χ0) is 27.4. The Labute approximate surface area is 219 Å². The van der Waals surface area contributed by atoms with Crippen molar-refractivity contribution in [3.05, 3.63) is 127 Å². The van der Waals surface area contributed by atoms with Gasteiger partial charge in [-0.25, -0.2) is 9.59 Å². The number of aryl methyl sites for hydroxylation is 2. The molecule has 0 radical (unpaired) electrons. The Morgan fingerprint density at radius 3 is 1.32 bits per heavy atom. The molecule has 0 aliphatic rings. The van der Waals surface area contributed by atoms with Crippen LogP contribution in [0.4, 0.5) is 0 Å². The first-order valence-corrected chi connectivity index (χ1v) is 12.0. The first kappa shape index (κ1) is 26.3. The number of hydrogen-bond acceptors (Lipinski definition) is 8. The number of aliphatic imine (C=N–C) groups is 2. The minimum atomic E-state index is -0.700. The maximum Gasteiger partial charge on any atom is 0.348 e. The molecule has 4 aromatic rings. The van der Waals surface area contributed by atoms with E-state index in [0.717, 1.165) is 11.1 Å². The second-order valence-electron chi connectivity index (χ2n) is 8.95. The molecule has 2 N–H and O–H groups in total. The zero-order valence-corrected chi connectivity index (χ0v) is 21.5. The number of benzene rings is 2. The van der Waals surface area contributed by atoms with E-state index < -0.39 is 23.3 Å². The Morgan fingerprint density at radius 2 is 1.00 bits per heavy atom. The first-order chi connectivity index (χ1) is 18.2. The Kier molecular flexibility index (Phi) is 7.71. The number of nitrogens with zero attached hydrogens (tertiary/aromatic N) is 2. The van der Waals surface area contributed by atoms with Gasteiger partial charge in [0, 0.05) is 12.1 Å². The van der Waals surface area contributed by atoms with Crippen LogP contribution in [0.3, 0.4) is 0 Å². The highest BCUT2D eigenvalue weighted by Crippen LogP contribution is 2.37. The summed E-state index contributed by atoms with van der Waals surface area (Å²) < 4.78 is 10.4. The highest BCUT2D eigenvalue weighted by atomic mass is 16.4. The second kappa shape index (κ2) is 11.1. The highest BCUT2D eigenvalue weighted by molar-refractivity contribution is 6.01. The van der Waals surface area contributed by atoms with E-state index in [1.807, 2.05) is 60.7 Å². The summed E-state index contributed by atoms with van der Waals surface area (Å²) in [5.41, 5.74) is 0.610. The van der Waals surface area contributed by atoms with Gasteiger partial charge in [0.15, 0.2) is 0 Å². The lowest BCUT2D eigenvalue weighted by Crippen LogP contribution is -2.18. The van der Waals surface area contributed by atoms with Gasteiger partial charge >= 0.3 is 11.3 Å². The predicted octanol–water partition coefficient (Wildman–Crippen LogP) is 5.42. The normalized spacial score (nSPS) is 13.8. The van der Waals surface area contributed by atoms with Crippen molar-refractivity contribution < 1.29 is 19.0 Å². The van der Waals surface area contributed by atoms with Gasteiger partial charge in [-0.1, -0.05) is 60.7 Å². The summed E-state index contributed by atoms with van der Waals surface area (Å²) in [6.45, 7) is 6.39. The van der Waals surface area contributed by atoms with Gasteiger partial charge in [0.05, 0.1) is 11.4 Å². The standard InChI is InChI=1S/C30H28N2O6/c1-17-15-23(33)25(29(35)37-17)19(3)31-27(21-11-7-5-8-12-21)28(22-13-9-6-10-14-22)32-20(4)26-24(34)16-18(2)38-30(26)36/h5-16,27-28,33-34H,1-4H3/t27-,28-/m1/s1. The first-order valence-electron chi connectivity index (χ1n) is 12.0. The van der Waals surface area contributed by atoms with Gasteiger partial charge < -0.3 is 19.0 Å². The van der Waals surface area contributed by atoms with E-state index in [1.54, 1.807) is 27.7 Å². The molecule has 2 atom stereocenters. The van der Waals surface area contributed by atoms with Crippen LogP contribution in [0.2, 0.25) is 0 Å². The average Bonchev–Trinajstić information content (AvgIpc) is 2.86. The van der Waals surface area contributed by atoms with Crippen molar-refractivity contribution in [3.63, 3.8) is 0 Å². The lowest BCUT2D eigenvalue weighted by Gasteiger charge is -2.24. The van der Waals surface area contributed by atoms with Crippen LogP contribution in [-0.4, -0.2) is 21.6 Å². The highest BCUT2D eigenvalue weighted by Gasteiger charge is 2.27. The molecule has 0 aliphatic heterocycles. The van der Waals surface area contributed by atoms with Crippen molar-refractivity contribution >= 4 is 11.4 Å². The molecule has 0 saturated carbocycles. The van der Waals surface area contributed by atoms with Crippen LogP contribution in [0.5, 0.6) is 11.5 Å². The third kappa shape index (κ3) is 5.64. The molecule has 2 aromatic carbocycles. The van der Waals surface area contributed by atoms with Crippen molar-refractivity contribution in [2.24, 2.45) is 9.98 Å². The molecule has 0 amide bonds. The minimum absolute atomic E-state index is 0.0409. The van der Waals surface area contributed by atoms with E-state index in [1.165, 1.54) is 12.1 Å². The van der Waals surface area contributed by atoms with E-state index >= 15 is 0 Å². The van der Waals surface area contributed by atoms with Crippen molar-refractivity contribution in [3.8, 4) is 11.5 Å². The second-order valence-corrected chi connectivity index (χ2v) is 8.95. The molecule has 0 bridgehead atoms. The largest absolute Gasteiger partial charge is 0.507 e. The van der Waals surface area contributed by atoms with E-state index in [0.29, 0.717) is 0 Å². The van der Waals surface area contributed by atoms with Crippen molar-refractivity contribution in [2.45, 2.75) is 39.8 Å². The number of hydrogen-bond donors (Lipinski definition) is 2. The van der Waals surface area contributed by atoms with E-state index in [-0.39, 0.29) is 45.6 Å². The molecule has 8 heteroatoms. The monoisotopic (exact) mass is 512 g/mol. The van der Waals surface area contributed by atoms with Gasteiger partial charge in [-0.05, 0) is 38.8 Å². The third-order valence-electron chi connectivity index (χ3n) is 6.08. The molecule has 0 saturated heterocycles. The molecule has 8 nitrogen and oxygen atoms in total. The topological polar surface area (TPSA) is 126 Å². The Morgan fingerprint density at radius 1 is 0.658 bits per heavy atom. The lowest BCUT2D eigenvalue weighted by atomic mass is 9.93. The summed E-state index contributed by atoms with van der Waals surface area (Å²) in [5, 5.41) is 21.0. The van der Waals surface area contributed by atoms with Crippen LogP contribution in [-0.2, 0) is 0 Å². The summed E-state index contributed by atoms with van der Waals surface area (Å²) in [7, 11) is 0. The summed E-state index contributed by atoms with van der Waals surface area (Å²) in [4.78, 5) is 35.0. The summed E-state index contributed by atoms with van der Waals surface area (Å²) in [6, 6.07) is 20.1. The molecule has 194 valence electrons. The van der Waals surface area contributed by atoms with E-state index in [9.17, 15) is 19.8 Å². The molecule has 2 heterocycles. The van der Waals surface area contributed by atoms with Crippen molar-refractivity contribution in [2.75, 3.05) is 0 Å². The van der Waals surface area contributed by atoms with Gasteiger partial charge in [0.2, 0.25) is 0 Å². The van der Waals surface area contributed by atoms with Gasteiger partial charge in [-0.2, -0.15) is 0 Å². The molecule has 0 unspecified atom stereocenters. The van der Waals surface area contributed by atoms with Crippen LogP contribution in [0, 0.1) is 13.8 Å². The Balaban J connectivity index is 1.95. The maximum atomic E-state index is 12.6. The summed E-state index contributed by atoms with van der Waals surface area (Å²) >= 11 is 0. The van der Waals surface area contributed by atoms with Gasteiger partial charge in [0.1, 0.15) is 46.2 Å². The average molecular weight is 513 g/mol. The maximum absolute atomic E-state index is 12.6. The van der Waals surface area contributed by atoms with Gasteiger partial charge in [0.25, 0.3) is 0 Å². The molecule has 0 aliphatic carbocycles. The fourth-order valence-electron chi connectivity index (χ4n) is 4.36. The van der Waals surface area contributed by atoms with Crippen LogP contribution >= 0.6 is 0 Å². The van der Waals surface area contributed by atoms with Gasteiger partial charge in [-0.3, -0.25) is 9.98 Å². The fourth-order valence-corrected chi connectivity index (χ4v) is 4.36. The lowest BCUT2D eigenvalue weighted by molar-refractivity contribution is 0.431. The fraction of sp³-hybridized carbons (Fsp3) is 0.200. The Bertz CT molecular complexity index is 1500. The van der Waals surface area contributed by atoms with Gasteiger partial charge in [-0.15, -0.1) is 0 Å². The molecule has 4 rings (SSSR count). The smallest absolute Gasteiger partial charge is 0.348 e. The SMILES string of the molecule is CC(=N[C@H](c1ccccc1)[C@H](N=C(C)c1c(O)cc(C)oc1=O)c1ccccc1)c1c(O)cc(C)oc1=O. The van der Waals surface area contributed by atoms with Crippen LogP contribution in [0.25, 0.3) is 0 Å². The third-order valence-corrected chi connectivity index (χ3v) is 6.08. The van der Waals surface area contributed by atoms with Crippen molar-refractivity contribution in [1.29, 1.82) is 0 Å². The number of aromatic hydroxyl groups is 2. The summed E-state index contributed by atoms with van der Waals surface area (Å²) in [6.07, 6.45) is 0. The summed E-state index contributed by atoms with van der Waals surface area (Å²) in [5.74, 6) is 0.0976. The van der Waals surface area contributed by atoms with Crippen LogP contribution < -0.4 is 11.3 Å². The predicted molar refractivity (Wildman–Crippen MR) is 146 cm³/mol. The van der Waals surface area contributed by atoms with Crippen LogP contribution in [0.15, 0.2) is 101 Å². The number of rotatable bonds is 7. The molecule has 2 aromatic heterocycles. The minimum Gasteiger partial charge on any atom is -0.507 e. The van der Waals surface area contributed by atoms with E-state index in [2.05, 4.69) is 0 Å². The zero-order valence-electron chi connectivity index (χ0n) is 21.5. The van der Waals surface area contributed by atoms with Crippen LogP contribution in [0.1, 0.15) is 59.7 Å².